The first-order valence-corrected chi connectivity index (χ1v) is 9.77. The van der Waals surface area contributed by atoms with Crippen LogP contribution in [0, 0.1) is 6.92 Å². The largest absolute Gasteiger partial charge is 0.321 e. The second kappa shape index (κ2) is 6.05. The van der Waals surface area contributed by atoms with Crippen molar-refractivity contribution in [1.29, 1.82) is 0 Å². The Morgan fingerprint density at radius 3 is 2.43 bits per heavy atom. The van der Waals surface area contributed by atoms with E-state index in [0.717, 1.165) is 16.8 Å². The average Bonchev–Trinajstić information content (AvgIpc) is 2.89. The molecule has 0 aliphatic carbocycles. The number of aryl methyl sites for hydroxylation is 1. The second-order valence-corrected chi connectivity index (χ2v) is 9.53. The number of rotatable bonds is 3. The van der Waals surface area contributed by atoms with Gasteiger partial charge in [-0.25, -0.2) is 13.4 Å². The van der Waals surface area contributed by atoms with Crippen LogP contribution in [0.4, 0.5) is 5.69 Å². The van der Waals surface area contributed by atoms with Crippen LogP contribution >= 0.6 is 11.3 Å². The van der Waals surface area contributed by atoms with Gasteiger partial charge in [-0.05, 0) is 24.6 Å². The van der Waals surface area contributed by atoms with Crippen molar-refractivity contribution in [3.8, 4) is 0 Å². The zero-order valence-corrected chi connectivity index (χ0v) is 15.4. The van der Waals surface area contributed by atoms with E-state index in [9.17, 15) is 13.2 Å². The highest BCUT2D eigenvalue weighted by molar-refractivity contribution is 7.90. The van der Waals surface area contributed by atoms with Gasteiger partial charge >= 0.3 is 0 Å². The number of hydrogen-bond donors (Lipinski definition) is 1. The topological polar surface area (TPSA) is 76.1 Å². The molecule has 7 heteroatoms. The van der Waals surface area contributed by atoms with Gasteiger partial charge in [0.15, 0.2) is 9.84 Å². The van der Waals surface area contributed by atoms with E-state index in [4.69, 9.17) is 0 Å². The van der Waals surface area contributed by atoms with Gasteiger partial charge in [0.1, 0.15) is 4.88 Å². The molecular formula is C16H20N2O3S2. The summed E-state index contributed by atoms with van der Waals surface area (Å²) < 4.78 is 23.3. The fourth-order valence-corrected chi connectivity index (χ4v) is 3.39. The summed E-state index contributed by atoms with van der Waals surface area (Å²) >= 11 is 1.34. The summed E-state index contributed by atoms with van der Waals surface area (Å²) in [7, 11) is -3.32. The molecule has 2 rings (SSSR count). The summed E-state index contributed by atoms with van der Waals surface area (Å²) in [6.07, 6.45) is 2.69. The van der Waals surface area contributed by atoms with Crippen LogP contribution in [0.2, 0.25) is 0 Å². The fraction of sp³-hybridized carbons (Fsp3) is 0.375. The summed E-state index contributed by atoms with van der Waals surface area (Å²) in [6.45, 7) is 7.92. The SMILES string of the molecule is Cc1ccc(S(C)(=O)=O)cc1NC(=O)c1cnc(C(C)(C)C)s1. The number of amides is 1. The van der Waals surface area contributed by atoms with Crippen molar-refractivity contribution in [2.45, 2.75) is 38.0 Å². The molecule has 0 saturated heterocycles. The molecule has 5 nitrogen and oxygen atoms in total. The monoisotopic (exact) mass is 352 g/mol. The molecule has 0 atom stereocenters. The highest BCUT2D eigenvalue weighted by atomic mass is 32.2. The van der Waals surface area contributed by atoms with Gasteiger partial charge in [-0.3, -0.25) is 4.79 Å². The Labute approximate surface area is 140 Å². The maximum Gasteiger partial charge on any atom is 0.267 e. The van der Waals surface area contributed by atoms with Gasteiger partial charge in [-0.15, -0.1) is 11.3 Å². The highest BCUT2D eigenvalue weighted by Gasteiger charge is 2.21. The molecule has 0 saturated carbocycles. The molecule has 1 amide bonds. The summed E-state index contributed by atoms with van der Waals surface area (Å²) in [5, 5.41) is 3.65. The van der Waals surface area contributed by atoms with Crippen LogP contribution < -0.4 is 5.32 Å². The Bertz CT molecular complexity index is 846. The summed E-state index contributed by atoms with van der Waals surface area (Å²) in [5.74, 6) is -0.285. The zero-order valence-electron chi connectivity index (χ0n) is 13.8. The molecule has 1 aromatic heterocycles. The molecule has 0 aliphatic rings. The maximum atomic E-state index is 12.4. The molecule has 0 unspecified atom stereocenters. The first-order valence-electron chi connectivity index (χ1n) is 7.07. The molecule has 1 N–H and O–H groups in total. The van der Waals surface area contributed by atoms with Crippen molar-refractivity contribution in [1.82, 2.24) is 4.98 Å². The minimum absolute atomic E-state index is 0.116. The lowest BCUT2D eigenvalue weighted by Crippen LogP contribution is -2.12. The van der Waals surface area contributed by atoms with E-state index in [1.165, 1.54) is 23.5 Å². The van der Waals surface area contributed by atoms with Crippen LogP contribution in [-0.2, 0) is 15.3 Å². The van der Waals surface area contributed by atoms with Crippen molar-refractivity contribution in [2.75, 3.05) is 11.6 Å². The smallest absolute Gasteiger partial charge is 0.267 e. The van der Waals surface area contributed by atoms with Crippen LogP contribution in [0.15, 0.2) is 29.3 Å². The first-order chi connectivity index (χ1) is 10.5. The summed E-state index contributed by atoms with van der Waals surface area (Å²) in [4.78, 5) is 17.3. The van der Waals surface area contributed by atoms with Gasteiger partial charge in [0, 0.05) is 17.4 Å². The quantitative estimate of drug-likeness (QED) is 0.918. The van der Waals surface area contributed by atoms with Crippen LogP contribution in [0.3, 0.4) is 0 Å². The molecule has 23 heavy (non-hydrogen) atoms. The number of anilines is 1. The van der Waals surface area contributed by atoms with Crippen LogP contribution in [0.5, 0.6) is 0 Å². The van der Waals surface area contributed by atoms with E-state index in [1.807, 2.05) is 27.7 Å². The Kier molecular flexibility index (Phi) is 4.64. The number of nitrogens with one attached hydrogen (secondary N) is 1. The number of hydrogen-bond acceptors (Lipinski definition) is 5. The number of nitrogens with zero attached hydrogens (tertiary/aromatic N) is 1. The summed E-state index contributed by atoms with van der Waals surface area (Å²) in [6, 6.07) is 4.69. The van der Waals surface area contributed by atoms with Crippen molar-refractivity contribution in [3.63, 3.8) is 0 Å². The number of carbonyl (C=O) groups excluding carboxylic acids is 1. The van der Waals surface area contributed by atoms with Gasteiger partial charge in [0.05, 0.1) is 16.1 Å². The fourth-order valence-electron chi connectivity index (χ4n) is 1.88. The normalized spacial score (nSPS) is 12.2. The van der Waals surface area contributed by atoms with Crippen molar-refractivity contribution in [3.05, 3.63) is 39.8 Å². The minimum atomic E-state index is -3.32. The number of thiazole rings is 1. The number of aromatic nitrogens is 1. The van der Waals surface area contributed by atoms with Gasteiger partial charge < -0.3 is 5.32 Å². The molecule has 1 aromatic carbocycles. The lowest BCUT2D eigenvalue weighted by atomic mass is 9.98. The molecule has 0 fully saturated rings. The van der Waals surface area contributed by atoms with Gasteiger partial charge in [-0.1, -0.05) is 26.8 Å². The molecule has 124 valence electrons. The Morgan fingerprint density at radius 2 is 1.91 bits per heavy atom. The van der Waals surface area contributed by atoms with Crippen LogP contribution in [0.25, 0.3) is 0 Å². The minimum Gasteiger partial charge on any atom is -0.321 e. The van der Waals surface area contributed by atoms with Crippen molar-refractivity contribution >= 4 is 32.8 Å². The maximum absolute atomic E-state index is 12.4. The van der Waals surface area contributed by atoms with E-state index in [0.29, 0.717) is 10.6 Å². The number of sulfone groups is 1. The molecule has 0 bridgehead atoms. The van der Waals surface area contributed by atoms with Crippen LogP contribution in [-0.4, -0.2) is 25.6 Å². The third kappa shape index (κ3) is 4.17. The number of carbonyl (C=O) groups is 1. The van der Waals surface area contributed by atoms with E-state index in [2.05, 4.69) is 10.3 Å². The third-order valence-electron chi connectivity index (χ3n) is 3.26. The molecule has 1 heterocycles. The molecule has 0 radical (unpaired) electrons. The molecule has 0 aliphatic heterocycles. The van der Waals surface area contributed by atoms with E-state index < -0.39 is 9.84 Å². The Balaban J connectivity index is 2.29. The molecule has 2 aromatic rings. The van der Waals surface area contributed by atoms with Crippen molar-refractivity contribution < 1.29 is 13.2 Å². The Morgan fingerprint density at radius 1 is 1.26 bits per heavy atom. The lowest BCUT2D eigenvalue weighted by molar-refractivity contribution is 0.103. The van der Waals surface area contributed by atoms with E-state index in [1.54, 1.807) is 12.3 Å². The highest BCUT2D eigenvalue weighted by Crippen LogP contribution is 2.28. The zero-order chi connectivity index (χ0) is 17.4. The lowest BCUT2D eigenvalue weighted by Gasteiger charge is -2.13. The predicted molar refractivity (Wildman–Crippen MR) is 93.1 cm³/mol. The molecule has 0 spiro atoms. The van der Waals surface area contributed by atoms with Crippen molar-refractivity contribution in [2.24, 2.45) is 0 Å². The van der Waals surface area contributed by atoms with Crippen LogP contribution in [0.1, 0.15) is 41.0 Å². The summed E-state index contributed by atoms with van der Waals surface area (Å²) in [5.41, 5.74) is 1.17. The third-order valence-corrected chi connectivity index (χ3v) is 5.79. The Hall–Kier alpha value is -1.73. The first kappa shape index (κ1) is 17.6. The number of benzene rings is 1. The average molecular weight is 352 g/mol. The van der Waals surface area contributed by atoms with Gasteiger partial charge in [0.2, 0.25) is 0 Å². The standard InChI is InChI=1S/C16H20N2O3S2/c1-10-6-7-11(23(5,20)21)8-12(10)18-14(19)13-9-17-15(22-13)16(2,3)4/h6-9H,1-5H3,(H,18,19). The van der Waals surface area contributed by atoms with E-state index in [-0.39, 0.29) is 16.2 Å². The van der Waals surface area contributed by atoms with Gasteiger partial charge in [0.25, 0.3) is 5.91 Å². The van der Waals surface area contributed by atoms with E-state index >= 15 is 0 Å². The molecular weight excluding hydrogens is 332 g/mol. The predicted octanol–water partition coefficient (Wildman–Crippen LogP) is 3.40. The van der Waals surface area contributed by atoms with Gasteiger partial charge in [-0.2, -0.15) is 0 Å². The second-order valence-electron chi connectivity index (χ2n) is 6.48.